The van der Waals surface area contributed by atoms with Crippen molar-refractivity contribution >= 4 is 22.0 Å². The molecule has 2 rings (SSSR count). The van der Waals surface area contributed by atoms with Gasteiger partial charge in [0.25, 0.3) is 0 Å². The second-order valence-electron chi connectivity index (χ2n) is 7.13. The fraction of sp³-hybridized carbons (Fsp3) is 0.611. The standard InChI is InChI=1S/C18H26BrNO2/c1-18(2,3)15-9-10-20(16(11-15)12-19)17(21)22-13-14-7-5-4-6-8-14/h4-8,15-16H,9-13H2,1-3H3/t15-,16+/m1/s1. The van der Waals surface area contributed by atoms with E-state index in [1.807, 2.05) is 35.2 Å². The fourth-order valence-corrected chi connectivity index (χ4v) is 3.64. The number of amides is 1. The van der Waals surface area contributed by atoms with Gasteiger partial charge in [-0.05, 0) is 29.7 Å². The highest BCUT2D eigenvalue weighted by molar-refractivity contribution is 9.09. The first-order chi connectivity index (χ1) is 10.4. The van der Waals surface area contributed by atoms with Crippen LogP contribution in [0, 0.1) is 11.3 Å². The van der Waals surface area contributed by atoms with Gasteiger partial charge in [-0.25, -0.2) is 4.79 Å². The largest absolute Gasteiger partial charge is 0.445 e. The number of carbonyl (C=O) groups excluding carboxylic acids is 1. The van der Waals surface area contributed by atoms with Crippen LogP contribution in [-0.4, -0.2) is 28.9 Å². The molecule has 2 atom stereocenters. The van der Waals surface area contributed by atoms with E-state index in [0.717, 1.165) is 30.3 Å². The minimum absolute atomic E-state index is 0.194. The summed E-state index contributed by atoms with van der Waals surface area (Å²) >= 11 is 3.56. The molecule has 0 bridgehead atoms. The lowest BCUT2D eigenvalue weighted by Crippen LogP contribution is -2.49. The highest BCUT2D eigenvalue weighted by atomic mass is 79.9. The second kappa shape index (κ2) is 7.49. The molecule has 1 aliphatic heterocycles. The maximum atomic E-state index is 12.4. The minimum atomic E-state index is -0.194. The van der Waals surface area contributed by atoms with Crippen LogP contribution >= 0.6 is 15.9 Å². The van der Waals surface area contributed by atoms with Gasteiger partial charge in [0.1, 0.15) is 6.61 Å². The van der Waals surface area contributed by atoms with Gasteiger partial charge >= 0.3 is 6.09 Å². The summed E-state index contributed by atoms with van der Waals surface area (Å²) in [5.74, 6) is 0.647. The van der Waals surface area contributed by atoms with Gasteiger partial charge in [0, 0.05) is 17.9 Å². The van der Waals surface area contributed by atoms with Crippen molar-refractivity contribution in [3.8, 4) is 0 Å². The SMILES string of the molecule is CC(C)(C)[C@@H]1CCN(C(=O)OCc2ccccc2)[C@H](CBr)C1. The Balaban J connectivity index is 1.92. The summed E-state index contributed by atoms with van der Waals surface area (Å²) in [5.41, 5.74) is 1.32. The summed E-state index contributed by atoms with van der Waals surface area (Å²) in [7, 11) is 0. The molecule has 122 valence electrons. The first-order valence-corrected chi connectivity index (χ1v) is 9.07. The van der Waals surface area contributed by atoms with E-state index in [2.05, 4.69) is 36.7 Å². The third kappa shape index (κ3) is 4.48. The Morgan fingerprint density at radius 2 is 2.00 bits per heavy atom. The number of nitrogens with zero attached hydrogens (tertiary/aromatic N) is 1. The fourth-order valence-electron chi connectivity index (χ4n) is 3.03. The molecule has 1 amide bonds. The highest BCUT2D eigenvalue weighted by Crippen LogP contribution is 2.37. The van der Waals surface area contributed by atoms with Gasteiger partial charge in [-0.2, -0.15) is 0 Å². The second-order valence-corrected chi connectivity index (χ2v) is 7.78. The Morgan fingerprint density at radius 1 is 1.32 bits per heavy atom. The Kier molecular flexibility index (Phi) is 5.90. The molecule has 1 saturated heterocycles. The molecule has 0 spiro atoms. The number of rotatable bonds is 3. The van der Waals surface area contributed by atoms with Crippen LogP contribution in [0.25, 0.3) is 0 Å². The summed E-state index contributed by atoms with van der Waals surface area (Å²) in [6.07, 6.45) is 1.89. The van der Waals surface area contributed by atoms with Crippen molar-refractivity contribution < 1.29 is 9.53 Å². The Morgan fingerprint density at radius 3 is 2.59 bits per heavy atom. The number of likely N-dealkylation sites (tertiary alicyclic amines) is 1. The molecule has 4 heteroatoms. The maximum Gasteiger partial charge on any atom is 0.410 e. The maximum absolute atomic E-state index is 12.4. The van der Waals surface area contributed by atoms with E-state index >= 15 is 0 Å². The van der Waals surface area contributed by atoms with Gasteiger partial charge in [-0.15, -0.1) is 0 Å². The molecule has 0 unspecified atom stereocenters. The van der Waals surface area contributed by atoms with E-state index < -0.39 is 0 Å². The zero-order valence-electron chi connectivity index (χ0n) is 13.7. The van der Waals surface area contributed by atoms with Gasteiger partial charge in [-0.1, -0.05) is 67.0 Å². The summed E-state index contributed by atoms with van der Waals surface area (Å²) in [4.78, 5) is 14.3. The number of ether oxygens (including phenoxy) is 1. The van der Waals surface area contributed by atoms with Gasteiger partial charge in [0.2, 0.25) is 0 Å². The van der Waals surface area contributed by atoms with E-state index in [0.29, 0.717) is 17.9 Å². The lowest BCUT2D eigenvalue weighted by Gasteiger charge is -2.43. The molecule has 0 aliphatic carbocycles. The van der Waals surface area contributed by atoms with Crippen LogP contribution < -0.4 is 0 Å². The lowest BCUT2D eigenvalue weighted by atomic mass is 9.73. The van der Waals surface area contributed by atoms with E-state index in [1.165, 1.54) is 0 Å². The minimum Gasteiger partial charge on any atom is -0.445 e. The predicted molar refractivity (Wildman–Crippen MR) is 93.1 cm³/mol. The number of piperidine rings is 1. The van der Waals surface area contributed by atoms with Gasteiger partial charge in [0.05, 0.1) is 0 Å². The third-order valence-electron chi connectivity index (χ3n) is 4.56. The van der Waals surface area contributed by atoms with Crippen molar-refractivity contribution in [1.29, 1.82) is 0 Å². The Bertz CT molecular complexity index is 484. The Hall–Kier alpha value is -1.03. The summed E-state index contributed by atoms with van der Waals surface area (Å²) in [6, 6.07) is 10.0. The molecular weight excluding hydrogens is 342 g/mol. The average molecular weight is 368 g/mol. The first kappa shape index (κ1) is 17.3. The Labute approximate surface area is 142 Å². The molecule has 1 fully saturated rings. The summed E-state index contributed by atoms with van der Waals surface area (Å²) in [5, 5.41) is 0.806. The summed E-state index contributed by atoms with van der Waals surface area (Å²) < 4.78 is 5.49. The third-order valence-corrected chi connectivity index (χ3v) is 5.31. The number of halogens is 1. The van der Waals surface area contributed by atoms with Crippen LogP contribution in [0.4, 0.5) is 4.79 Å². The molecule has 1 heterocycles. The number of benzene rings is 1. The van der Waals surface area contributed by atoms with Crippen molar-refractivity contribution in [1.82, 2.24) is 4.90 Å². The molecule has 1 aromatic carbocycles. The zero-order chi connectivity index (χ0) is 16.2. The summed E-state index contributed by atoms with van der Waals surface area (Å²) in [6.45, 7) is 7.98. The van der Waals surface area contributed by atoms with Crippen LogP contribution in [0.5, 0.6) is 0 Å². The van der Waals surface area contributed by atoms with Crippen molar-refractivity contribution in [2.75, 3.05) is 11.9 Å². The van der Waals surface area contributed by atoms with E-state index in [9.17, 15) is 4.79 Å². The molecule has 0 N–H and O–H groups in total. The van der Waals surface area contributed by atoms with Gasteiger partial charge in [-0.3, -0.25) is 0 Å². The molecule has 0 aromatic heterocycles. The molecule has 0 radical (unpaired) electrons. The van der Waals surface area contributed by atoms with E-state index in [-0.39, 0.29) is 12.1 Å². The quantitative estimate of drug-likeness (QED) is 0.714. The molecule has 1 aliphatic rings. The van der Waals surface area contributed by atoms with Crippen molar-refractivity contribution in [2.24, 2.45) is 11.3 Å². The van der Waals surface area contributed by atoms with Crippen LogP contribution in [0.2, 0.25) is 0 Å². The number of hydrogen-bond acceptors (Lipinski definition) is 2. The van der Waals surface area contributed by atoms with Crippen molar-refractivity contribution in [3.63, 3.8) is 0 Å². The highest BCUT2D eigenvalue weighted by Gasteiger charge is 2.36. The number of carbonyl (C=O) groups is 1. The normalized spacial score (nSPS) is 22.5. The van der Waals surface area contributed by atoms with Crippen LogP contribution in [0.3, 0.4) is 0 Å². The van der Waals surface area contributed by atoms with Crippen LogP contribution in [0.15, 0.2) is 30.3 Å². The number of hydrogen-bond donors (Lipinski definition) is 0. The van der Waals surface area contributed by atoms with Gasteiger partial charge in [0.15, 0.2) is 0 Å². The smallest absolute Gasteiger partial charge is 0.410 e. The van der Waals surface area contributed by atoms with Crippen molar-refractivity contribution in [3.05, 3.63) is 35.9 Å². The molecule has 1 aromatic rings. The van der Waals surface area contributed by atoms with E-state index in [4.69, 9.17) is 4.74 Å². The van der Waals surface area contributed by atoms with Crippen LogP contribution in [0.1, 0.15) is 39.2 Å². The first-order valence-electron chi connectivity index (χ1n) is 7.95. The molecule has 22 heavy (non-hydrogen) atoms. The monoisotopic (exact) mass is 367 g/mol. The van der Waals surface area contributed by atoms with Gasteiger partial charge < -0.3 is 9.64 Å². The predicted octanol–water partition coefficient (Wildman–Crippen LogP) is 4.84. The molecule has 0 saturated carbocycles. The van der Waals surface area contributed by atoms with Crippen molar-refractivity contribution in [2.45, 2.75) is 46.3 Å². The molecular formula is C18H26BrNO2. The topological polar surface area (TPSA) is 29.5 Å². The average Bonchev–Trinajstić information content (AvgIpc) is 2.52. The lowest BCUT2D eigenvalue weighted by molar-refractivity contribution is 0.0436. The zero-order valence-corrected chi connectivity index (χ0v) is 15.3. The number of alkyl halides is 1. The molecule has 3 nitrogen and oxygen atoms in total. The van der Waals surface area contributed by atoms with E-state index in [1.54, 1.807) is 0 Å². The van der Waals surface area contributed by atoms with Crippen LogP contribution in [-0.2, 0) is 11.3 Å².